The van der Waals surface area contributed by atoms with Crippen molar-refractivity contribution in [2.75, 3.05) is 13.2 Å². The van der Waals surface area contributed by atoms with Crippen molar-refractivity contribution in [3.63, 3.8) is 0 Å². The van der Waals surface area contributed by atoms with E-state index in [2.05, 4.69) is 5.32 Å². The van der Waals surface area contributed by atoms with E-state index in [-0.39, 0.29) is 31.4 Å². The molecule has 0 amide bonds. The molecular formula is C25H40ClN3O11. The summed E-state index contributed by atoms with van der Waals surface area (Å²) in [5.74, 6) is -7.52. The molecule has 8 atom stereocenters. The number of nitrogens with zero attached hydrogens (tertiary/aromatic N) is 2. The third kappa shape index (κ3) is 5.97. The number of hydrogen-bond acceptors (Lipinski definition) is 14. The summed E-state index contributed by atoms with van der Waals surface area (Å²) in [6.45, 7) is 3.65. The number of aromatic hydroxyl groups is 4. The van der Waals surface area contributed by atoms with Crippen LogP contribution in [0.2, 0.25) is 5.02 Å². The van der Waals surface area contributed by atoms with E-state index in [0.29, 0.717) is 0 Å². The van der Waals surface area contributed by atoms with Crippen molar-refractivity contribution in [1.82, 2.24) is 15.1 Å². The fourth-order valence-electron chi connectivity index (χ4n) is 5.74. The topological polar surface area (TPSA) is 238 Å². The normalized spacial score (nSPS) is 29.8. The number of phenols is 4. The quantitative estimate of drug-likeness (QED) is 0.0836. The van der Waals surface area contributed by atoms with Gasteiger partial charge in [0.2, 0.25) is 5.91 Å². The highest BCUT2D eigenvalue weighted by Crippen LogP contribution is 2.50. The van der Waals surface area contributed by atoms with Crippen molar-refractivity contribution in [2.24, 2.45) is 5.92 Å². The largest absolute Gasteiger partial charge is 0.504 e. The van der Waals surface area contributed by atoms with Gasteiger partial charge in [0.15, 0.2) is 28.8 Å². The standard InChI is InChI=1S/C25H40ClN3O11/c1-4-15(31)22(36)19(33)10(2)18-14(9-30)27-13(8-29-16(32)5-6-25(29,39)40)11(3)28(18)7-12-20(34)23(37)17(26)24(38)21(12)35/h10-11,13-16,18,22,27,30-32,34-40H,4-9H2,1-3H3. The molecule has 0 radical (unpaired) electrons. The van der Waals surface area contributed by atoms with Gasteiger partial charge in [-0.2, -0.15) is 0 Å². The molecule has 1 aromatic rings. The van der Waals surface area contributed by atoms with Crippen LogP contribution in [0.5, 0.6) is 23.0 Å². The molecule has 3 rings (SSSR count). The summed E-state index contributed by atoms with van der Waals surface area (Å²) >= 11 is 5.79. The molecule has 0 spiro atoms. The molecule has 2 saturated heterocycles. The van der Waals surface area contributed by atoms with Crippen LogP contribution in [0.15, 0.2) is 0 Å². The summed E-state index contributed by atoms with van der Waals surface area (Å²) in [4.78, 5) is 15.9. The Balaban J connectivity index is 2.07. The van der Waals surface area contributed by atoms with Crippen molar-refractivity contribution in [3.8, 4) is 23.0 Å². The average molecular weight is 594 g/mol. The fourth-order valence-corrected chi connectivity index (χ4v) is 5.92. The van der Waals surface area contributed by atoms with Crippen LogP contribution in [0.1, 0.15) is 45.6 Å². The fraction of sp³-hybridized carbons (Fsp3) is 0.720. The molecule has 14 nitrogen and oxygen atoms in total. The number of carbonyl (C=O) groups excluding carboxylic acids is 1. The molecule has 2 aliphatic rings. The zero-order valence-electron chi connectivity index (χ0n) is 22.5. The van der Waals surface area contributed by atoms with Crippen LogP contribution in [0.25, 0.3) is 0 Å². The molecule has 2 aliphatic heterocycles. The van der Waals surface area contributed by atoms with Gasteiger partial charge >= 0.3 is 0 Å². The van der Waals surface area contributed by atoms with Crippen molar-refractivity contribution in [3.05, 3.63) is 10.6 Å². The second-order valence-corrected chi connectivity index (χ2v) is 11.1. The molecule has 8 unspecified atom stereocenters. The van der Waals surface area contributed by atoms with Crippen LogP contribution >= 0.6 is 11.6 Å². The number of aliphatic hydroxyl groups excluding tert-OH is 4. The first kappa shape index (κ1) is 32.5. The minimum atomic E-state index is -2.30. The van der Waals surface area contributed by atoms with E-state index in [4.69, 9.17) is 11.6 Å². The van der Waals surface area contributed by atoms with E-state index in [1.165, 1.54) is 6.92 Å². The number of rotatable bonds is 10. The van der Waals surface area contributed by atoms with Gasteiger partial charge in [-0.3, -0.25) is 9.69 Å². The summed E-state index contributed by atoms with van der Waals surface area (Å²) in [5, 5.41) is 106. The molecule has 0 aliphatic carbocycles. The van der Waals surface area contributed by atoms with Crippen molar-refractivity contribution >= 4 is 17.4 Å². The average Bonchev–Trinajstić information content (AvgIpc) is 3.19. The third-order valence-corrected chi connectivity index (χ3v) is 8.65. The Kier molecular flexibility index (Phi) is 10.2. The van der Waals surface area contributed by atoms with Gasteiger partial charge in [0, 0.05) is 49.6 Å². The summed E-state index contributed by atoms with van der Waals surface area (Å²) in [6.07, 6.45) is -4.16. The van der Waals surface area contributed by atoms with Crippen molar-refractivity contribution in [1.29, 1.82) is 0 Å². The van der Waals surface area contributed by atoms with Gasteiger partial charge in [0.1, 0.15) is 17.4 Å². The van der Waals surface area contributed by atoms with E-state index in [1.807, 2.05) is 0 Å². The maximum Gasteiger partial charge on any atom is 0.227 e. The number of nitrogens with one attached hydrogen (secondary N) is 1. The Hall–Kier alpha value is -1.98. The van der Waals surface area contributed by atoms with Crippen LogP contribution in [0, 0.1) is 5.92 Å². The van der Waals surface area contributed by atoms with Gasteiger partial charge in [0.05, 0.1) is 18.3 Å². The molecule has 0 aromatic heterocycles. The first-order valence-electron chi connectivity index (χ1n) is 13.1. The zero-order valence-corrected chi connectivity index (χ0v) is 23.3. The van der Waals surface area contributed by atoms with E-state index >= 15 is 0 Å². The van der Waals surface area contributed by atoms with E-state index in [9.17, 15) is 55.9 Å². The monoisotopic (exact) mass is 593 g/mol. The number of aliphatic hydroxyl groups is 6. The maximum absolute atomic E-state index is 13.2. The Morgan fingerprint density at radius 1 is 1.10 bits per heavy atom. The third-order valence-electron chi connectivity index (χ3n) is 8.29. The molecule has 1 aromatic carbocycles. The highest BCUT2D eigenvalue weighted by molar-refractivity contribution is 6.34. The Bertz CT molecular complexity index is 1050. The smallest absolute Gasteiger partial charge is 0.227 e. The van der Waals surface area contributed by atoms with Gasteiger partial charge in [-0.15, -0.1) is 0 Å². The number of likely N-dealkylation sites (tertiary alicyclic amines) is 1. The minimum Gasteiger partial charge on any atom is -0.504 e. The molecule has 11 N–H and O–H groups in total. The maximum atomic E-state index is 13.2. The van der Waals surface area contributed by atoms with E-state index in [0.717, 1.165) is 4.90 Å². The summed E-state index contributed by atoms with van der Waals surface area (Å²) in [7, 11) is 0. The van der Waals surface area contributed by atoms with Crippen LogP contribution in [-0.2, 0) is 11.3 Å². The number of carbonyl (C=O) groups is 1. The number of piperazine rings is 1. The van der Waals surface area contributed by atoms with Gasteiger partial charge in [-0.1, -0.05) is 25.4 Å². The molecule has 2 heterocycles. The first-order valence-corrected chi connectivity index (χ1v) is 13.5. The SMILES string of the molecule is CCC(O)C(O)C(=O)C(C)C1C(CO)NC(CN2C(O)CCC2(O)O)C(C)N1Cc1c(O)c(O)c(Cl)c(O)c1O. The predicted molar refractivity (Wildman–Crippen MR) is 140 cm³/mol. The van der Waals surface area contributed by atoms with Crippen LogP contribution < -0.4 is 5.32 Å². The minimum absolute atomic E-state index is 0.0954. The van der Waals surface area contributed by atoms with E-state index in [1.54, 1.807) is 18.7 Å². The van der Waals surface area contributed by atoms with Gasteiger partial charge in [-0.25, -0.2) is 4.90 Å². The number of hydrogen-bond donors (Lipinski definition) is 11. The zero-order chi connectivity index (χ0) is 30.3. The molecule has 0 bridgehead atoms. The Morgan fingerprint density at radius 3 is 2.15 bits per heavy atom. The number of halogens is 1. The second-order valence-electron chi connectivity index (χ2n) is 10.7. The summed E-state index contributed by atoms with van der Waals surface area (Å²) < 4.78 is 0. The predicted octanol–water partition coefficient (Wildman–Crippen LogP) is -1.56. The number of phenolic OH excluding ortho intramolecular Hbond substituents is 4. The van der Waals surface area contributed by atoms with Gasteiger partial charge in [-0.05, 0) is 19.8 Å². The second kappa shape index (κ2) is 12.5. The lowest BCUT2D eigenvalue weighted by molar-refractivity contribution is -0.269. The lowest BCUT2D eigenvalue weighted by Crippen LogP contribution is -2.72. The number of benzene rings is 1. The summed E-state index contributed by atoms with van der Waals surface area (Å²) in [5.41, 5.74) is -0.345. The molecule has 0 saturated carbocycles. The van der Waals surface area contributed by atoms with Gasteiger partial charge in [0.25, 0.3) is 0 Å². The Morgan fingerprint density at radius 2 is 1.68 bits per heavy atom. The van der Waals surface area contributed by atoms with Crippen LogP contribution in [0.4, 0.5) is 0 Å². The molecule has 15 heteroatoms. The number of ketones is 1. The lowest BCUT2D eigenvalue weighted by atomic mass is 9.82. The van der Waals surface area contributed by atoms with Crippen LogP contribution in [0.3, 0.4) is 0 Å². The van der Waals surface area contributed by atoms with Crippen molar-refractivity contribution < 1.29 is 55.9 Å². The molecule has 40 heavy (non-hydrogen) atoms. The van der Waals surface area contributed by atoms with Crippen molar-refractivity contribution in [2.45, 2.75) is 95.1 Å². The molecule has 228 valence electrons. The van der Waals surface area contributed by atoms with Crippen LogP contribution in [-0.4, -0.2) is 128 Å². The van der Waals surface area contributed by atoms with Gasteiger partial charge < -0.3 is 56.4 Å². The highest BCUT2D eigenvalue weighted by atomic mass is 35.5. The molecule has 2 fully saturated rings. The summed E-state index contributed by atoms with van der Waals surface area (Å²) in [6, 6.07) is -3.24. The first-order chi connectivity index (χ1) is 18.6. The highest BCUT2D eigenvalue weighted by Gasteiger charge is 2.50. The number of Topliss-reactive ketones (excluding diaryl/α,β-unsaturated/α-hetero) is 1. The Labute approximate surface area is 236 Å². The van der Waals surface area contributed by atoms with E-state index < -0.39 is 101 Å². The molecular weight excluding hydrogens is 554 g/mol. The lowest BCUT2D eigenvalue weighted by Gasteiger charge is -2.52.